The number of hydrogen-bond donors (Lipinski definition) is 4. The zero-order valence-electron chi connectivity index (χ0n) is 24.6. The number of anilines is 2. The van der Waals surface area contributed by atoms with Crippen molar-refractivity contribution in [2.45, 2.75) is 36.8 Å². The van der Waals surface area contributed by atoms with E-state index in [1.807, 2.05) is 7.05 Å². The van der Waals surface area contributed by atoms with Gasteiger partial charge in [-0.3, -0.25) is 19.6 Å². The predicted molar refractivity (Wildman–Crippen MR) is 161 cm³/mol. The summed E-state index contributed by atoms with van der Waals surface area (Å²) >= 11 is 0. The molecule has 0 bridgehead atoms. The molecule has 2 aliphatic rings. The van der Waals surface area contributed by atoms with Crippen LogP contribution in [0, 0.1) is 11.6 Å². The van der Waals surface area contributed by atoms with Crippen molar-refractivity contribution < 1.29 is 31.5 Å². The lowest BCUT2D eigenvalue weighted by atomic mass is 9.84. The third-order valence-electron chi connectivity index (χ3n) is 7.82. The highest BCUT2D eigenvalue weighted by molar-refractivity contribution is 7.89. The highest BCUT2D eigenvalue weighted by atomic mass is 32.2. The van der Waals surface area contributed by atoms with Crippen LogP contribution in [0.25, 0.3) is 0 Å². The number of halogens is 2. The molecular formula is C30H31F2N7O5S. The van der Waals surface area contributed by atoms with Gasteiger partial charge in [-0.05, 0) is 43.4 Å². The number of benzene rings is 2. The molecule has 4 N–H and O–H groups in total. The van der Waals surface area contributed by atoms with E-state index in [2.05, 4.69) is 30.7 Å². The summed E-state index contributed by atoms with van der Waals surface area (Å²) in [5, 5.41) is 12.7. The molecule has 0 saturated carbocycles. The lowest BCUT2D eigenvalue weighted by Gasteiger charge is -2.36. The molecule has 12 nitrogen and oxygen atoms in total. The fourth-order valence-corrected chi connectivity index (χ4v) is 7.19. The van der Waals surface area contributed by atoms with Crippen molar-refractivity contribution in [3.63, 3.8) is 0 Å². The van der Waals surface area contributed by atoms with Crippen molar-refractivity contribution in [3.05, 3.63) is 88.9 Å². The van der Waals surface area contributed by atoms with E-state index in [9.17, 15) is 26.8 Å². The normalized spacial score (nSPS) is 16.9. The molecule has 6 rings (SSSR count). The van der Waals surface area contributed by atoms with Gasteiger partial charge in [0.05, 0.1) is 16.1 Å². The molecular weight excluding hydrogens is 608 g/mol. The first-order valence-corrected chi connectivity index (χ1v) is 15.5. The number of fused-ring (bicyclic) bond motifs is 1. The van der Waals surface area contributed by atoms with Crippen LogP contribution in [0.5, 0.6) is 5.75 Å². The fraction of sp³-hybridized carbons (Fsp3) is 0.300. The molecule has 4 aromatic rings. The average molecular weight is 640 g/mol. The molecule has 1 fully saturated rings. The molecule has 2 aliphatic heterocycles. The van der Waals surface area contributed by atoms with E-state index in [1.165, 1.54) is 6.07 Å². The van der Waals surface area contributed by atoms with Crippen molar-refractivity contribution in [1.29, 1.82) is 0 Å². The summed E-state index contributed by atoms with van der Waals surface area (Å²) in [5.41, 5.74) is 0.789. The van der Waals surface area contributed by atoms with Crippen LogP contribution in [-0.4, -0.2) is 77.4 Å². The number of likely N-dealkylation sites (N-methyl/N-ethyl adjacent to an activating group) is 1. The maximum atomic E-state index is 13.9. The first kappa shape index (κ1) is 30.4. The molecule has 0 spiro atoms. The molecule has 1 saturated heterocycles. The number of carbonyl (C=O) groups excluding carboxylic acids is 2. The van der Waals surface area contributed by atoms with Crippen LogP contribution in [0.1, 0.15) is 46.0 Å². The Bertz CT molecular complexity index is 1870. The average Bonchev–Trinajstić information content (AvgIpc) is 3.63. The summed E-state index contributed by atoms with van der Waals surface area (Å²) in [7, 11) is -2.35. The van der Waals surface area contributed by atoms with Crippen LogP contribution in [0.3, 0.4) is 0 Å². The largest absolute Gasteiger partial charge is 0.488 e. The minimum atomic E-state index is -4.32. The molecule has 2 aromatic heterocycles. The number of nitrogens with zero attached hydrogens (tertiary/aromatic N) is 3. The van der Waals surface area contributed by atoms with Crippen molar-refractivity contribution >= 4 is 33.3 Å². The third kappa shape index (κ3) is 6.06. The quantitative estimate of drug-likeness (QED) is 0.230. The number of hydrogen-bond acceptors (Lipinski definition) is 7. The second-order valence-corrected chi connectivity index (χ2v) is 13.8. The number of carbonyl (C=O) groups is 2. The van der Waals surface area contributed by atoms with Crippen LogP contribution in [-0.2, 0) is 22.0 Å². The van der Waals surface area contributed by atoms with E-state index >= 15 is 0 Å². The topological polar surface area (TPSA) is 153 Å². The van der Waals surface area contributed by atoms with E-state index in [0.29, 0.717) is 23.1 Å². The summed E-state index contributed by atoms with van der Waals surface area (Å²) in [5.74, 6) is -2.57. The number of aromatic amines is 2. The summed E-state index contributed by atoms with van der Waals surface area (Å²) in [6.45, 7) is 4.84. The van der Waals surface area contributed by atoms with Crippen LogP contribution in [0.2, 0.25) is 0 Å². The lowest BCUT2D eigenvalue weighted by Crippen LogP contribution is -2.51. The number of aromatic nitrogens is 3. The zero-order valence-corrected chi connectivity index (χ0v) is 25.5. The highest BCUT2D eigenvalue weighted by Gasteiger charge is 2.41. The van der Waals surface area contributed by atoms with Gasteiger partial charge in [-0.25, -0.2) is 17.2 Å². The first-order chi connectivity index (χ1) is 21.3. The van der Waals surface area contributed by atoms with Gasteiger partial charge in [0.25, 0.3) is 11.8 Å². The summed E-state index contributed by atoms with van der Waals surface area (Å²) in [4.78, 5) is 31.0. The third-order valence-corrected chi connectivity index (χ3v) is 9.59. The molecule has 4 heterocycles. The molecule has 0 atom stereocenters. The number of ether oxygens (including phenoxy) is 1. The van der Waals surface area contributed by atoms with E-state index < -0.39 is 43.8 Å². The number of likely N-dealkylation sites (tertiary alicyclic amines) is 1. The fourth-order valence-electron chi connectivity index (χ4n) is 5.57. The molecule has 2 aromatic carbocycles. The van der Waals surface area contributed by atoms with Crippen LogP contribution in [0.15, 0.2) is 59.6 Å². The Kier molecular flexibility index (Phi) is 7.71. The van der Waals surface area contributed by atoms with E-state index in [4.69, 9.17) is 4.74 Å². The van der Waals surface area contributed by atoms with Gasteiger partial charge < -0.3 is 20.4 Å². The smallest absolute Gasteiger partial charge is 0.272 e. The van der Waals surface area contributed by atoms with Crippen LogP contribution < -0.4 is 15.4 Å². The molecule has 0 aliphatic carbocycles. The molecule has 236 valence electrons. The summed E-state index contributed by atoms with van der Waals surface area (Å²) < 4.78 is 61.9. The van der Waals surface area contributed by atoms with Gasteiger partial charge >= 0.3 is 0 Å². The number of H-pyrrole nitrogens is 2. The molecule has 0 unspecified atom stereocenters. The van der Waals surface area contributed by atoms with Gasteiger partial charge in [0, 0.05) is 61.2 Å². The van der Waals surface area contributed by atoms with Crippen molar-refractivity contribution in [3.8, 4) is 5.75 Å². The molecule has 45 heavy (non-hydrogen) atoms. The monoisotopic (exact) mass is 639 g/mol. The first-order valence-electron chi connectivity index (χ1n) is 14.1. The van der Waals surface area contributed by atoms with Gasteiger partial charge in [0.1, 0.15) is 29.2 Å². The Morgan fingerprint density at radius 1 is 1.04 bits per heavy atom. The van der Waals surface area contributed by atoms with Crippen molar-refractivity contribution in [2.24, 2.45) is 0 Å². The highest BCUT2D eigenvalue weighted by Crippen LogP contribution is 2.38. The summed E-state index contributed by atoms with van der Waals surface area (Å²) in [6, 6.07) is 10.1. The number of amides is 2. The predicted octanol–water partition coefficient (Wildman–Crippen LogP) is 3.70. The SMILES string of the molecule is CN1CC(Oc2ccc(C(=O)Nc3n[nH]c4c3CN(S(=O)(=O)c3cc(F)cc(F)c3)CC4(C)C)c(NC(=O)c3ccc[nH]3)c2)C1. The van der Waals surface area contributed by atoms with E-state index in [1.54, 1.807) is 44.3 Å². The Hall–Kier alpha value is -4.60. The Balaban J connectivity index is 1.29. The summed E-state index contributed by atoms with van der Waals surface area (Å²) in [6.07, 6.45) is 1.58. The van der Waals surface area contributed by atoms with E-state index in [0.717, 1.165) is 29.5 Å². The van der Waals surface area contributed by atoms with E-state index in [-0.39, 0.29) is 42.0 Å². The Labute approximate surface area is 257 Å². The maximum absolute atomic E-state index is 13.9. The second kappa shape index (κ2) is 11.4. The minimum Gasteiger partial charge on any atom is -0.488 e. The number of nitrogens with one attached hydrogen (secondary N) is 4. The van der Waals surface area contributed by atoms with Gasteiger partial charge in [-0.1, -0.05) is 13.8 Å². The molecule has 15 heteroatoms. The van der Waals surface area contributed by atoms with Crippen LogP contribution in [0.4, 0.5) is 20.3 Å². The van der Waals surface area contributed by atoms with Crippen molar-refractivity contribution in [2.75, 3.05) is 37.3 Å². The van der Waals surface area contributed by atoms with Gasteiger partial charge in [0.15, 0.2) is 5.82 Å². The Morgan fingerprint density at radius 2 is 1.78 bits per heavy atom. The second-order valence-electron chi connectivity index (χ2n) is 11.8. The lowest BCUT2D eigenvalue weighted by molar-refractivity contribution is 0.0389. The number of rotatable bonds is 8. The van der Waals surface area contributed by atoms with Gasteiger partial charge in [-0.2, -0.15) is 9.40 Å². The standard InChI is InChI=1S/C30H31F2N7O5S/c1-30(2)16-39(45(42,43)21-10-17(31)9-18(32)11-21)15-23-26(30)36-37-27(23)35-28(40)22-7-6-19(44-20-13-38(3)14-20)12-25(22)34-29(41)24-5-4-8-33-24/h4-12,20,33H,13-16H2,1-3H3,(H,34,41)(H2,35,36,37,40). The number of sulfonamides is 1. The maximum Gasteiger partial charge on any atom is 0.272 e. The van der Waals surface area contributed by atoms with Crippen molar-refractivity contribution in [1.82, 2.24) is 24.4 Å². The Morgan fingerprint density at radius 3 is 2.44 bits per heavy atom. The minimum absolute atomic E-state index is 0.0107. The molecule has 0 radical (unpaired) electrons. The van der Waals surface area contributed by atoms with Gasteiger partial charge in [0.2, 0.25) is 10.0 Å². The van der Waals surface area contributed by atoms with Crippen LogP contribution >= 0.6 is 0 Å². The zero-order chi connectivity index (χ0) is 32.1. The molecule has 2 amide bonds. The van der Waals surface area contributed by atoms with Gasteiger partial charge in [-0.15, -0.1) is 0 Å².